The highest BCUT2D eigenvalue weighted by Gasteiger charge is 2.20. The molecule has 5 nitrogen and oxygen atoms in total. The molecule has 1 amide bonds. The quantitative estimate of drug-likeness (QED) is 0.569. The van der Waals surface area contributed by atoms with E-state index in [-0.39, 0.29) is 17.0 Å². The van der Waals surface area contributed by atoms with E-state index in [0.717, 1.165) is 29.3 Å². The van der Waals surface area contributed by atoms with Crippen LogP contribution in [0.5, 0.6) is 0 Å². The highest BCUT2D eigenvalue weighted by Crippen LogP contribution is 2.21. The van der Waals surface area contributed by atoms with E-state index in [0.29, 0.717) is 16.3 Å². The highest BCUT2D eigenvalue weighted by molar-refractivity contribution is 7.89. The number of aryl methyl sites for hydroxylation is 2. The Morgan fingerprint density at radius 3 is 2.50 bits per heavy atom. The number of sulfonamides is 1. The predicted molar refractivity (Wildman–Crippen MR) is 116 cm³/mol. The zero-order chi connectivity index (χ0) is 21.9. The van der Waals surface area contributed by atoms with Gasteiger partial charge in [0, 0.05) is 17.3 Å². The van der Waals surface area contributed by atoms with Crippen LogP contribution in [0, 0.1) is 19.7 Å². The fourth-order valence-electron chi connectivity index (χ4n) is 2.80. The lowest BCUT2D eigenvalue weighted by Crippen LogP contribution is -2.24. The lowest BCUT2D eigenvalue weighted by molar-refractivity contribution is 0.102. The molecule has 0 aliphatic heterocycles. The Labute approximate surface area is 179 Å². The number of halogens is 2. The number of hydrogen-bond donors (Lipinski definition) is 2. The minimum absolute atomic E-state index is 0.0383. The standard InChI is InChI=1S/C22H20ClFN2O3S/c1-14-7-8-15(2)21(11-14)26-22(27)18-12-17(9-10-20(18)24)30(28,29)25-13-16-5-3-4-6-19(16)23/h3-12,25H,13H2,1-2H3,(H,26,27). The summed E-state index contributed by atoms with van der Waals surface area (Å²) >= 11 is 6.05. The van der Waals surface area contributed by atoms with E-state index in [9.17, 15) is 17.6 Å². The van der Waals surface area contributed by atoms with E-state index in [1.807, 2.05) is 26.0 Å². The molecule has 0 unspecified atom stereocenters. The van der Waals surface area contributed by atoms with E-state index in [4.69, 9.17) is 11.6 Å². The Bertz CT molecular complexity index is 1210. The number of anilines is 1. The Kier molecular flexibility index (Phi) is 6.55. The Morgan fingerprint density at radius 2 is 1.77 bits per heavy atom. The van der Waals surface area contributed by atoms with Crippen molar-refractivity contribution in [2.24, 2.45) is 0 Å². The van der Waals surface area contributed by atoms with Crippen LogP contribution < -0.4 is 10.0 Å². The molecule has 0 radical (unpaired) electrons. The number of rotatable bonds is 6. The molecule has 0 saturated heterocycles. The van der Waals surface area contributed by atoms with Crippen molar-refractivity contribution >= 4 is 33.2 Å². The van der Waals surface area contributed by atoms with E-state index in [1.165, 1.54) is 0 Å². The van der Waals surface area contributed by atoms with Crippen LogP contribution in [0.25, 0.3) is 0 Å². The van der Waals surface area contributed by atoms with Gasteiger partial charge in [-0.3, -0.25) is 4.79 Å². The van der Waals surface area contributed by atoms with Crippen molar-refractivity contribution in [3.63, 3.8) is 0 Å². The first-order valence-electron chi connectivity index (χ1n) is 9.08. The summed E-state index contributed by atoms with van der Waals surface area (Å²) in [4.78, 5) is 12.4. The number of hydrogen-bond acceptors (Lipinski definition) is 3. The molecule has 156 valence electrons. The van der Waals surface area contributed by atoms with Gasteiger partial charge < -0.3 is 5.32 Å². The maximum Gasteiger partial charge on any atom is 0.258 e. The monoisotopic (exact) mass is 446 g/mol. The van der Waals surface area contributed by atoms with Crippen molar-refractivity contribution in [1.82, 2.24) is 4.72 Å². The molecule has 0 aromatic heterocycles. The van der Waals surface area contributed by atoms with Crippen LogP contribution in [0.15, 0.2) is 65.6 Å². The largest absolute Gasteiger partial charge is 0.322 e. The fourth-order valence-corrected chi connectivity index (χ4v) is 4.04. The van der Waals surface area contributed by atoms with Crippen molar-refractivity contribution < 1.29 is 17.6 Å². The van der Waals surface area contributed by atoms with Gasteiger partial charge in [-0.1, -0.05) is 41.9 Å². The van der Waals surface area contributed by atoms with Gasteiger partial charge in [0.05, 0.1) is 10.5 Å². The SMILES string of the molecule is Cc1ccc(C)c(NC(=O)c2cc(S(=O)(=O)NCc3ccccc3Cl)ccc2F)c1. The van der Waals surface area contributed by atoms with Crippen molar-refractivity contribution in [3.8, 4) is 0 Å². The van der Waals surface area contributed by atoms with Crippen LogP contribution in [-0.4, -0.2) is 14.3 Å². The molecule has 0 bridgehead atoms. The van der Waals surface area contributed by atoms with Crippen LogP contribution >= 0.6 is 11.6 Å². The summed E-state index contributed by atoms with van der Waals surface area (Å²) in [6, 6.07) is 15.4. The van der Waals surface area contributed by atoms with E-state index < -0.39 is 21.7 Å². The summed E-state index contributed by atoms with van der Waals surface area (Å²) in [5.74, 6) is -1.55. The zero-order valence-electron chi connectivity index (χ0n) is 16.4. The summed E-state index contributed by atoms with van der Waals surface area (Å²) in [6.07, 6.45) is 0. The first-order chi connectivity index (χ1) is 14.2. The van der Waals surface area contributed by atoms with Crippen molar-refractivity contribution in [2.45, 2.75) is 25.3 Å². The van der Waals surface area contributed by atoms with Gasteiger partial charge in [0.15, 0.2) is 0 Å². The molecule has 30 heavy (non-hydrogen) atoms. The second-order valence-corrected chi connectivity index (χ2v) is 9.00. The molecule has 3 rings (SSSR count). The number of carbonyl (C=O) groups is 1. The molecular formula is C22H20ClFN2O3S. The molecule has 8 heteroatoms. The van der Waals surface area contributed by atoms with Gasteiger partial charge in [-0.2, -0.15) is 0 Å². The van der Waals surface area contributed by atoms with Crippen LogP contribution in [0.2, 0.25) is 5.02 Å². The average molecular weight is 447 g/mol. The van der Waals surface area contributed by atoms with Crippen LogP contribution in [0.4, 0.5) is 10.1 Å². The molecule has 0 spiro atoms. The van der Waals surface area contributed by atoms with Crippen molar-refractivity contribution in [2.75, 3.05) is 5.32 Å². The summed E-state index contributed by atoms with van der Waals surface area (Å²) in [6.45, 7) is 3.64. The minimum atomic E-state index is -3.99. The predicted octanol–water partition coefficient (Wildman–Crippen LogP) is 4.83. The lowest BCUT2D eigenvalue weighted by Gasteiger charge is -2.12. The Morgan fingerprint density at radius 1 is 1.03 bits per heavy atom. The summed E-state index contributed by atoms with van der Waals surface area (Å²) in [7, 11) is -3.99. The fraction of sp³-hybridized carbons (Fsp3) is 0.136. The number of carbonyl (C=O) groups excluding carboxylic acids is 1. The van der Waals surface area contributed by atoms with Crippen LogP contribution in [0.1, 0.15) is 27.0 Å². The maximum absolute atomic E-state index is 14.3. The van der Waals surface area contributed by atoms with Crippen LogP contribution in [-0.2, 0) is 16.6 Å². The number of benzene rings is 3. The van der Waals surface area contributed by atoms with Gasteiger partial charge in [-0.05, 0) is 60.9 Å². The topological polar surface area (TPSA) is 75.3 Å². The number of amides is 1. The smallest absolute Gasteiger partial charge is 0.258 e. The Balaban J connectivity index is 1.84. The molecular weight excluding hydrogens is 427 g/mol. The summed E-state index contributed by atoms with van der Waals surface area (Å²) < 4.78 is 42.0. The molecule has 0 heterocycles. The van der Waals surface area contributed by atoms with Crippen molar-refractivity contribution in [3.05, 3.63) is 93.8 Å². The van der Waals surface area contributed by atoms with Gasteiger partial charge >= 0.3 is 0 Å². The van der Waals surface area contributed by atoms with Gasteiger partial charge in [0.2, 0.25) is 10.0 Å². The van der Waals surface area contributed by atoms with Gasteiger partial charge in [-0.15, -0.1) is 0 Å². The van der Waals surface area contributed by atoms with Gasteiger partial charge in [0.1, 0.15) is 5.82 Å². The second-order valence-electron chi connectivity index (χ2n) is 6.83. The molecule has 3 aromatic rings. The molecule has 2 N–H and O–H groups in total. The molecule has 0 fully saturated rings. The average Bonchev–Trinajstić information content (AvgIpc) is 2.70. The maximum atomic E-state index is 14.3. The third-order valence-corrected chi connectivity index (χ3v) is 6.31. The van der Waals surface area contributed by atoms with Gasteiger partial charge in [-0.25, -0.2) is 17.5 Å². The van der Waals surface area contributed by atoms with E-state index in [2.05, 4.69) is 10.0 Å². The second kappa shape index (κ2) is 8.95. The van der Waals surface area contributed by atoms with Gasteiger partial charge in [0.25, 0.3) is 5.91 Å². The highest BCUT2D eigenvalue weighted by atomic mass is 35.5. The minimum Gasteiger partial charge on any atom is -0.322 e. The third-order valence-electron chi connectivity index (χ3n) is 4.54. The first kappa shape index (κ1) is 22.0. The van der Waals surface area contributed by atoms with E-state index in [1.54, 1.807) is 30.3 Å². The Hall–Kier alpha value is -2.74. The molecule has 0 aliphatic carbocycles. The van der Waals surface area contributed by atoms with E-state index >= 15 is 0 Å². The first-order valence-corrected chi connectivity index (χ1v) is 10.9. The normalized spacial score (nSPS) is 11.3. The molecule has 3 aromatic carbocycles. The zero-order valence-corrected chi connectivity index (χ0v) is 17.9. The summed E-state index contributed by atoms with van der Waals surface area (Å²) in [5, 5.41) is 3.06. The summed E-state index contributed by atoms with van der Waals surface area (Å²) in [5.41, 5.74) is 2.50. The van der Waals surface area contributed by atoms with Crippen molar-refractivity contribution in [1.29, 1.82) is 0 Å². The number of nitrogens with one attached hydrogen (secondary N) is 2. The molecule has 0 aliphatic rings. The lowest BCUT2D eigenvalue weighted by atomic mass is 10.1. The third kappa shape index (κ3) is 5.05. The molecule has 0 atom stereocenters. The van der Waals surface area contributed by atoms with Crippen LogP contribution in [0.3, 0.4) is 0 Å². The molecule has 0 saturated carbocycles.